The first-order chi connectivity index (χ1) is 16.3. The molecule has 2 aromatic heterocycles. The first kappa shape index (κ1) is 23.6. The summed E-state index contributed by atoms with van der Waals surface area (Å²) in [4.78, 5) is 36.6. The third kappa shape index (κ3) is 4.70. The van der Waals surface area contributed by atoms with Crippen LogP contribution in [-0.2, 0) is 16.0 Å². The molecule has 8 heteroatoms. The number of carboxylic acids is 1. The standard InChI is InChI=1S/C26H24ClNO6/c1-3-4-5-21(25(30)31)28-24(29)11-18-14(2)17-10-19-20(15-6-8-16(27)9-7-15)13-33-22(19)12-23(17)34-26(18)32/h6-10,12-13,21H,3-5,11H2,1-2H3,(H,28,29)(H,30,31)/p-1/t21-/m0/s1. The van der Waals surface area contributed by atoms with Crippen LogP contribution in [0.3, 0.4) is 0 Å². The Morgan fingerprint density at radius 3 is 2.53 bits per heavy atom. The van der Waals surface area contributed by atoms with E-state index in [0.717, 1.165) is 22.9 Å². The smallest absolute Gasteiger partial charge is 0.340 e. The van der Waals surface area contributed by atoms with Crippen LogP contribution in [0, 0.1) is 6.92 Å². The Hall–Kier alpha value is -3.58. The first-order valence-corrected chi connectivity index (χ1v) is 11.4. The van der Waals surface area contributed by atoms with Crippen LogP contribution in [0.15, 0.2) is 56.3 Å². The minimum atomic E-state index is -1.35. The van der Waals surface area contributed by atoms with Gasteiger partial charge in [0.05, 0.1) is 30.3 Å². The van der Waals surface area contributed by atoms with Crippen LogP contribution >= 0.6 is 11.6 Å². The van der Waals surface area contributed by atoms with Crippen molar-refractivity contribution in [2.75, 3.05) is 0 Å². The van der Waals surface area contributed by atoms with Gasteiger partial charge in [-0.3, -0.25) is 4.79 Å². The van der Waals surface area contributed by atoms with Crippen molar-refractivity contribution < 1.29 is 23.5 Å². The number of rotatable bonds is 8. The van der Waals surface area contributed by atoms with Crippen molar-refractivity contribution in [3.63, 3.8) is 0 Å². The number of amides is 1. The van der Waals surface area contributed by atoms with E-state index in [1.54, 1.807) is 31.4 Å². The highest BCUT2D eigenvalue weighted by Crippen LogP contribution is 2.35. The van der Waals surface area contributed by atoms with Crippen LogP contribution in [0.5, 0.6) is 0 Å². The molecule has 4 rings (SSSR count). The fraction of sp³-hybridized carbons (Fsp3) is 0.269. The molecule has 0 radical (unpaired) electrons. The van der Waals surface area contributed by atoms with E-state index >= 15 is 0 Å². The van der Waals surface area contributed by atoms with Crippen molar-refractivity contribution in [3.05, 3.63) is 69.2 Å². The minimum Gasteiger partial charge on any atom is -0.548 e. The average Bonchev–Trinajstić information content (AvgIpc) is 3.21. The molecule has 176 valence electrons. The molecule has 7 nitrogen and oxygen atoms in total. The van der Waals surface area contributed by atoms with Gasteiger partial charge in [0.1, 0.15) is 11.2 Å². The summed E-state index contributed by atoms with van der Waals surface area (Å²) in [5.41, 5.74) is 2.77. The van der Waals surface area contributed by atoms with E-state index in [0.29, 0.717) is 33.6 Å². The lowest BCUT2D eigenvalue weighted by Gasteiger charge is -2.19. The van der Waals surface area contributed by atoms with Gasteiger partial charge < -0.3 is 24.1 Å². The molecule has 2 heterocycles. The second-order valence-corrected chi connectivity index (χ2v) is 8.69. The molecule has 0 aliphatic carbocycles. The number of benzene rings is 2. The Balaban J connectivity index is 1.71. The summed E-state index contributed by atoms with van der Waals surface area (Å²) in [6.45, 7) is 3.66. The molecule has 1 atom stereocenters. The molecule has 0 bridgehead atoms. The molecular weight excluding hydrogens is 458 g/mol. The fourth-order valence-electron chi connectivity index (χ4n) is 4.03. The van der Waals surface area contributed by atoms with E-state index in [2.05, 4.69) is 5.32 Å². The summed E-state index contributed by atoms with van der Waals surface area (Å²) in [6, 6.07) is 9.76. The largest absolute Gasteiger partial charge is 0.548 e. The van der Waals surface area contributed by atoms with Gasteiger partial charge in [0.15, 0.2) is 0 Å². The van der Waals surface area contributed by atoms with Gasteiger partial charge in [-0.2, -0.15) is 0 Å². The monoisotopic (exact) mass is 480 g/mol. The molecule has 1 N–H and O–H groups in total. The number of fused-ring (bicyclic) bond motifs is 2. The molecule has 0 aliphatic heterocycles. The van der Waals surface area contributed by atoms with Gasteiger partial charge in [-0.1, -0.05) is 43.5 Å². The summed E-state index contributed by atoms with van der Waals surface area (Å²) in [5.74, 6) is -1.92. The van der Waals surface area contributed by atoms with Gasteiger partial charge >= 0.3 is 5.63 Å². The lowest BCUT2D eigenvalue weighted by molar-refractivity contribution is -0.308. The Bertz CT molecular complexity index is 1430. The van der Waals surface area contributed by atoms with Gasteiger partial charge in [-0.25, -0.2) is 4.79 Å². The van der Waals surface area contributed by atoms with Gasteiger partial charge in [-0.05, 0) is 42.7 Å². The van der Waals surface area contributed by atoms with E-state index in [1.807, 2.05) is 25.1 Å². The zero-order chi connectivity index (χ0) is 24.4. The van der Waals surface area contributed by atoms with Gasteiger partial charge in [0, 0.05) is 27.4 Å². The summed E-state index contributed by atoms with van der Waals surface area (Å²) < 4.78 is 11.2. The van der Waals surface area contributed by atoms with E-state index in [1.165, 1.54) is 0 Å². The third-order valence-electron chi connectivity index (χ3n) is 5.94. The number of aliphatic carboxylic acids is 1. The quantitative estimate of drug-likeness (QED) is 0.379. The normalized spacial score (nSPS) is 12.2. The number of carboxylic acid groups (broad SMARTS) is 1. The lowest BCUT2D eigenvalue weighted by Crippen LogP contribution is -2.48. The van der Waals surface area contributed by atoms with Gasteiger partial charge in [0.2, 0.25) is 5.91 Å². The second-order valence-electron chi connectivity index (χ2n) is 8.25. The minimum absolute atomic E-state index is 0.175. The molecule has 4 aromatic rings. The van der Waals surface area contributed by atoms with Crippen LogP contribution < -0.4 is 16.0 Å². The van der Waals surface area contributed by atoms with Crippen molar-refractivity contribution in [3.8, 4) is 11.1 Å². The molecule has 1 amide bonds. The summed E-state index contributed by atoms with van der Waals surface area (Å²) in [5, 5.41) is 15.9. The van der Waals surface area contributed by atoms with Crippen LogP contribution in [0.25, 0.3) is 33.1 Å². The van der Waals surface area contributed by atoms with Crippen LogP contribution in [0.4, 0.5) is 0 Å². The Kier molecular flexibility index (Phi) is 6.75. The highest BCUT2D eigenvalue weighted by atomic mass is 35.5. The molecule has 0 unspecified atom stereocenters. The predicted octanol–water partition coefficient (Wildman–Crippen LogP) is 4.14. The molecule has 0 spiro atoms. The zero-order valence-corrected chi connectivity index (χ0v) is 19.5. The number of halogens is 1. The maximum absolute atomic E-state index is 12.7. The molecule has 34 heavy (non-hydrogen) atoms. The van der Waals surface area contributed by atoms with Crippen LogP contribution in [-0.4, -0.2) is 17.9 Å². The Morgan fingerprint density at radius 2 is 1.85 bits per heavy atom. The van der Waals surface area contributed by atoms with E-state index in [9.17, 15) is 19.5 Å². The van der Waals surface area contributed by atoms with E-state index < -0.39 is 23.5 Å². The number of aryl methyl sites for hydroxylation is 1. The molecular formula is C26H23ClNO6-. The zero-order valence-electron chi connectivity index (χ0n) is 18.8. The van der Waals surface area contributed by atoms with Crippen LogP contribution in [0.2, 0.25) is 5.02 Å². The number of unbranched alkanes of at least 4 members (excludes halogenated alkanes) is 1. The molecule has 0 fully saturated rings. The highest BCUT2D eigenvalue weighted by Gasteiger charge is 2.20. The maximum atomic E-state index is 12.7. The highest BCUT2D eigenvalue weighted by molar-refractivity contribution is 6.30. The van der Waals surface area contributed by atoms with Crippen molar-refractivity contribution in [2.24, 2.45) is 0 Å². The second kappa shape index (κ2) is 9.73. The Morgan fingerprint density at radius 1 is 1.12 bits per heavy atom. The first-order valence-electron chi connectivity index (χ1n) is 11.0. The lowest BCUT2D eigenvalue weighted by atomic mass is 9.99. The van der Waals surface area contributed by atoms with Gasteiger partial charge in [0.25, 0.3) is 0 Å². The average molecular weight is 481 g/mol. The molecule has 0 saturated heterocycles. The predicted molar refractivity (Wildman–Crippen MR) is 128 cm³/mol. The summed E-state index contributed by atoms with van der Waals surface area (Å²) >= 11 is 6.00. The maximum Gasteiger partial charge on any atom is 0.340 e. The van der Waals surface area contributed by atoms with Crippen molar-refractivity contribution in [1.29, 1.82) is 0 Å². The van der Waals surface area contributed by atoms with Crippen LogP contribution in [0.1, 0.15) is 37.3 Å². The van der Waals surface area contributed by atoms with Crippen molar-refractivity contribution >= 4 is 45.4 Å². The molecule has 2 aromatic carbocycles. The number of hydrogen-bond acceptors (Lipinski definition) is 6. The third-order valence-corrected chi connectivity index (χ3v) is 6.19. The number of carbonyl (C=O) groups excluding carboxylic acids is 2. The number of nitrogens with one attached hydrogen (secondary N) is 1. The summed E-state index contributed by atoms with van der Waals surface area (Å²) in [6.07, 6.45) is 3.01. The number of carbonyl (C=O) groups is 2. The Labute approximate surface area is 200 Å². The van der Waals surface area contributed by atoms with Crippen molar-refractivity contribution in [2.45, 2.75) is 45.6 Å². The molecule has 0 aliphatic rings. The molecule has 0 saturated carbocycles. The number of hydrogen-bond donors (Lipinski definition) is 1. The fourth-order valence-corrected chi connectivity index (χ4v) is 4.16. The van der Waals surface area contributed by atoms with E-state index in [-0.39, 0.29) is 18.4 Å². The van der Waals surface area contributed by atoms with E-state index in [4.69, 9.17) is 20.4 Å². The SMILES string of the molecule is CCCC[C@H](NC(=O)Cc1c(C)c2cc3c(-c4ccc(Cl)cc4)coc3cc2oc1=O)C(=O)[O-]. The van der Waals surface area contributed by atoms with Crippen molar-refractivity contribution in [1.82, 2.24) is 5.32 Å². The number of furan rings is 1. The summed E-state index contributed by atoms with van der Waals surface area (Å²) in [7, 11) is 0. The van der Waals surface area contributed by atoms with Gasteiger partial charge in [-0.15, -0.1) is 0 Å². The topological polar surface area (TPSA) is 113 Å².